The minimum atomic E-state index is 0.787. The highest BCUT2D eigenvalue weighted by atomic mass is 15.1. The van der Waals surface area contributed by atoms with Crippen LogP contribution in [0.15, 0.2) is 53.5 Å². The number of benzene rings is 2. The zero-order valence-corrected chi connectivity index (χ0v) is 14.4. The van der Waals surface area contributed by atoms with Gasteiger partial charge in [0.25, 0.3) is 0 Å². The Bertz CT molecular complexity index is 1100. The van der Waals surface area contributed by atoms with Crippen molar-refractivity contribution >= 4 is 32.8 Å². The molecular weight excluding hydrogens is 296 g/mol. The summed E-state index contributed by atoms with van der Waals surface area (Å²) in [6.45, 7) is 1.73. The number of H-pyrrole nitrogens is 1. The Morgan fingerprint density at radius 1 is 1.00 bits per heavy atom. The molecule has 0 unspecified atom stereocenters. The molecule has 0 radical (unpaired) electrons. The van der Waals surface area contributed by atoms with Crippen molar-refractivity contribution in [2.24, 2.45) is 12.0 Å². The van der Waals surface area contributed by atoms with Gasteiger partial charge in [-0.3, -0.25) is 4.99 Å². The van der Waals surface area contributed by atoms with Gasteiger partial charge in [0, 0.05) is 29.9 Å². The van der Waals surface area contributed by atoms with Crippen LogP contribution in [0.25, 0.3) is 32.8 Å². The molecule has 0 atom stereocenters. The number of hydrogen-bond donors (Lipinski definition) is 1. The fourth-order valence-electron chi connectivity index (χ4n) is 3.39. The first-order valence-electron chi connectivity index (χ1n) is 8.30. The van der Waals surface area contributed by atoms with Gasteiger partial charge in [0.15, 0.2) is 0 Å². The van der Waals surface area contributed by atoms with E-state index in [0.717, 1.165) is 29.5 Å². The Morgan fingerprint density at radius 3 is 2.50 bits per heavy atom. The number of nitrogens with one attached hydrogen (secondary N) is 1. The summed E-state index contributed by atoms with van der Waals surface area (Å²) in [7, 11) is 6.29. The zero-order valence-electron chi connectivity index (χ0n) is 14.4. The summed E-state index contributed by atoms with van der Waals surface area (Å²) in [4.78, 5) is 10.7. The number of aromatic amines is 1. The molecule has 4 nitrogen and oxygen atoms in total. The Kier molecular flexibility index (Phi) is 3.62. The van der Waals surface area contributed by atoms with Crippen molar-refractivity contribution in [2.45, 2.75) is 0 Å². The van der Waals surface area contributed by atoms with Gasteiger partial charge in [-0.2, -0.15) is 0 Å². The van der Waals surface area contributed by atoms with Crippen molar-refractivity contribution in [3.8, 4) is 0 Å². The van der Waals surface area contributed by atoms with Gasteiger partial charge in [0.05, 0.1) is 28.5 Å². The van der Waals surface area contributed by atoms with Crippen molar-refractivity contribution < 1.29 is 0 Å². The summed E-state index contributed by atoms with van der Waals surface area (Å²) in [6.07, 6.45) is 0. The molecule has 4 rings (SSSR count). The van der Waals surface area contributed by atoms with Crippen LogP contribution < -0.4 is 5.36 Å². The highest BCUT2D eigenvalue weighted by Gasteiger charge is 2.12. The second kappa shape index (κ2) is 5.80. The van der Waals surface area contributed by atoms with Crippen molar-refractivity contribution in [3.05, 3.63) is 53.9 Å². The SMILES string of the molecule is CN(C)CCN=c1c2ccccc2n(C)c2c1[nH]c1ccccc12. The standard InChI is InChI=1S/C20H22N4/c1-23(2)13-12-21-18-15-9-5-7-11-17(15)24(3)20-14-8-4-6-10-16(14)22-19(18)20/h4-11,22H,12-13H2,1-3H3. The summed E-state index contributed by atoms with van der Waals surface area (Å²) in [5, 5.41) is 3.50. The van der Waals surface area contributed by atoms with E-state index in [1.807, 2.05) is 0 Å². The number of para-hydroxylation sites is 2. The number of rotatable bonds is 3. The number of nitrogens with zero attached hydrogens (tertiary/aromatic N) is 3. The van der Waals surface area contributed by atoms with Gasteiger partial charge in [-0.15, -0.1) is 0 Å². The molecule has 0 aliphatic carbocycles. The van der Waals surface area contributed by atoms with Crippen molar-refractivity contribution in [1.82, 2.24) is 14.5 Å². The first-order valence-corrected chi connectivity index (χ1v) is 8.30. The molecule has 0 saturated heterocycles. The summed E-state index contributed by atoms with van der Waals surface area (Å²) >= 11 is 0. The van der Waals surface area contributed by atoms with Crippen LogP contribution in [-0.4, -0.2) is 41.6 Å². The summed E-state index contributed by atoms with van der Waals surface area (Å²) in [6, 6.07) is 17.0. The molecular formula is C20H22N4. The van der Waals surface area contributed by atoms with Crippen LogP contribution in [0.1, 0.15) is 0 Å². The smallest absolute Gasteiger partial charge is 0.0924 e. The Hall–Kier alpha value is -2.59. The number of pyridine rings is 1. The Morgan fingerprint density at radius 2 is 1.71 bits per heavy atom. The number of fused-ring (bicyclic) bond motifs is 4. The van der Waals surface area contributed by atoms with Gasteiger partial charge in [0.2, 0.25) is 0 Å². The fourth-order valence-corrected chi connectivity index (χ4v) is 3.39. The lowest BCUT2D eigenvalue weighted by molar-refractivity contribution is 0.419. The van der Waals surface area contributed by atoms with Gasteiger partial charge in [-0.05, 0) is 26.2 Å². The molecule has 0 aliphatic rings. The number of aromatic nitrogens is 2. The average Bonchev–Trinajstić information content (AvgIpc) is 2.97. The topological polar surface area (TPSA) is 36.3 Å². The second-order valence-corrected chi connectivity index (χ2v) is 6.50. The molecule has 0 amide bonds. The third-order valence-electron chi connectivity index (χ3n) is 4.59. The maximum Gasteiger partial charge on any atom is 0.0924 e. The number of likely N-dealkylation sites (N-methyl/N-ethyl adjacent to an activating group) is 1. The third-order valence-corrected chi connectivity index (χ3v) is 4.59. The van der Waals surface area contributed by atoms with E-state index in [1.54, 1.807) is 0 Å². The highest BCUT2D eigenvalue weighted by Crippen LogP contribution is 2.25. The van der Waals surface area contributed by atoms with Gasteiger partial charge in [-0.25, -0.2) is 0 Å². The summed E-state index contributed by atoms with van der Waals surface area (Å²) in [5.74, 6) is 0. The molecule has 0 fully saturated rings. The first kappa shape index (κ1) is 15.0. The van der Waals surface area contributed by atoms with Gasteiger partial charge in [0.1, 0.15) is 0 Å². The molecule has 2 aromatic heterocycles. The molecule has 2 aromatic carbocycles. The second-order valence-electron chi connectivity index (χ2n) is 6.50. The predicted molar refractivity (Wildman–Crippen MR) is 101 cm³/mol. The monoisotopic (exact) mass is 318 g/mol. The van der Waals surface area contributed by atoms with Crippen LogP contribution in [0, 0.1) is 0 Å². The molecule has 122 valence electrons. The molecule has 0 aliphatic heterocycles. The van der Waals surface area contributed by atoms with Crippen LogP contribution in [0.4, 0.5) is 0 Å². The van der Waals surface area contributed by atoms with E-state index in [2.05, 4.69) is 84.1 Å². The van der Waals surface area contributed by atoms with E-state index < -0.39 is 0 Å². The van der Waals surface area contributed by atoms with E-state index in [0.29, 0.717) is 0 Å². The van der Waals surface area contributed by atoms with Crippen LogP contribution in [0.3, 0.4) is 0 Å². The third kappa shape index (κ3) is 2.31. The molecule has 24 heavy (non-hydrogen) atoms. The van der Waals surface area contributed by atoms with Crippen LogP contribution in [0.2, 0.25) is 0 Å². The minimum absolute atomic E-state index is 0.787. The molecule has 4 heteroatoms. The summed E-state index contributed by atoms with van der Waals surface area (Å²) in [5.41, 5.74) is 4.70. The van der Waals surface area contributed by atoms with Crippen LogP contribution in [-0.2, 0) is 7.05 Å². The molecule has 0 bridgehead atoms. The lowest BCUT2D eigenvalue weighted by Gasteiger charge is -2.10. The Balaban J connectivity index is 2.15. The number of aryl methyl sites for hydroxylation is 1. The van der Waals surface area contributed by atoms with E-state index in [1.165, 1.54) is 21.8 Å². The maximum absolute atomic E-state index is 4.95. The fraction of sp³-hybridized carbons (Fsp3) is 0.250. The van der Waals surface area contributed by atoms with Crippen molar-refractivity contribution in [1.29, 1.82) is 0 Å². The zero-order chi connectivity index (χ0) is 16.7. The molecule has 0 saturated carbocycles. The van der Waals surface area contributed by atoms with Gasteiger partial charge in [-0.1, -0.05) is 36.4 Å². The lowest BCUT2D eigenvalue weighted by Crippen LogP contribution is -2.18. The quantitative estimate of drug-likeness (QED) is 0.618. The largest absolute Gasteiger partial charge is 0.351 e. The van der Waals surface area contributed by atoms with Crippen LogP contribution >= 0.6 is 0 Å². The normalized spacial score (nSPS) is 12.9. The summed E-state index contributed by atoms with van der Waals surface area (Å²) < 4.78 is 2.27. The van der Waals surface area contributed by atoms with E-state index in [9.17, 15) is 0 Å². The van der Waals surface area contributed by atoms with E-state index in [4.69, 9.17) is 4.99 Å². The average molecular weight is 318 g/mol. The van der Waals surface area contributed by atoms with E-state index in [-0.39, 0.29) is 0 Å². The first-order chi connectivity index (χ1) is 11.7. The molecule has 2 heterocycles. The van der Waals surface area contributed by atoms with Crippen molar-refractivity contribution in [3.63, 3.8) is 0 Å². The van der Waals surface area contributed by atoms with Gasteiger partial charge < -0.3 is 14.5 Å². The van der Waals surface area contributed by atoms with Gasteiger partial charge >= 0.3 is 0 Å². The number of hydrogen-bond acceptors (Lipinski definition) is 2. The Labute approximate surface area is 141 Å². The van der Waals surface area contributed by atoms with Crippen molar-refractivity contribution in [2.75, 3.05) is 27.2 Å². The lowest BCUT2D eigenvalue weighted by atomic mass is 10.1. The minimum Gasteiger partial charge on any atom is -0.351 e. The molecule has 4 aromatic rings. The molecule has 1 N–H and O–H groups in total. The van der Waals surface area contributed by atoms with E-state index >= 15 is 0 Å². The highest BCUT2D eigenvalue weighted by molar-refractivity contribution is 6.08. The molecule has 0 spiro atoms. The van der Waals surface area contributed by atoms with Crippen LogP contribution in [0.5, 0.6) is 0 Å². The predicted octanol–water partition coefficient (Wildman–Crippen LogP) is 3.28. The maximum atomic E-state index is 4.95.